The number of nitrogens with two attached hydrogens (primary N) is 1. The summed E-state index contributed by atoms with van der Waals surface area (Å²) in [5, 5.41) is 7.42. The van der Waals surface area contributed by atoms with Crippen LogP contribution in [0.4, 0.5) is 5.69 Å². The fourth-order valence-corrected chi connectivity index (χ4v) is 2.97. The zero-order valence-corrected chi connectivity index (χ0v) is 11.6. The molecule has 1 heterocycles. The lowest BCUT2D eigenvalue weighted by atomic mass is 9.99. The van der Waals surface area contributed by atoms with Crippen molar-refractivity contribution >= 4 is 27.5 Å². The van der Waals surface area contributed by atoms with E-state index in [4.69, 9.17) is 11.1 Å². The molecule has 1 aromatic carbocycles. The molecule has 4 heteroatoms. The summed E-state index contributed by atoms with van der Waals surface area (Å²) in [5.41, 5.74) is 7.46. The van der Waals surface area contributed by atoms with Crippen molar-refractivity contribution in [3.63, 3.8) is 0 Å². The third kappa shape index (κ3) is 2.80. The lowest BCUT2D eigenvalue weighted by molar-refractivity contribution is 0.446. The Morgan fingerprint density at radius 2 is 2.29 bits per heavy atom. The number of halogens is 1. The molecule has 3 N–H and O–H groups in total. The molecular weight excluding hydrogens is 278 g/mol. The van der Waals surface area contributed by atoms with Crippen molar-refractivity contribution in [3.8, 4) is 0 Å². The number of anilines is 1. The predicted octanol–water partition coefficient (Wildman–Crippen LogP) is 2.97. The van der Waals surface area contributed by atoms with Crippen LogP contribution in [0.3, 0.4) is 0 Å². The maximum Gasteiger partial charge on any atom is 0.122 e. The Kier molecular flexibility index (Phi) is 3.72. The number of benzene rings is 1. The minimum Gasteiger partial charge on any atom is -0.384 e. The molecular formula is C13H18BrN3. The zero-order valence-electron chi connectivity index (χ0n) is 10.0. The molecule has 0 aliphatic carbocycles. The van der Waals surface area contributed by atoms with E-state index in [2.05, 4.69) is 33.8 Å². The quantitative estimate of drug-likeness (QED) is 0.651. The van der Waals surface area contributed by atoms with E-state index in [-0.39, 0.29) is 5.84 Å². The summed E-state index contributed by atoms with van der Waals surface area (Å²) in [6.07, 6.45) is 2.57. The summed E-state index contributed by atoms with van der Waals surface area (Å²) in [4.78, 5) is 2.40. The van der Waals surface area contributed by atoms with E-state index < -0.39 is 0 Å². The van der Waals surface area contributed by atoms with Gasteiger partial charge in [0.15, 0.2) is 0 Å². The molecule has 3 nitrogen and oxygen atoms in total. The molecule has 0 spiro atoms. The van der Waals surface area contributed by atoms with Crippen LogP contribution >= 0.6 is 15.9 Å². The van der Waals surface area contributed by atoms with Crippen LogP contribution in [0.25, 0.3) is 0 Å². The molecule has 0 bridgehead atoms. The van der Waals surface area contributed by atoms with E-state index in [1.807, 2.05) is 12.1 Å². The zero-order chi connectivity index (χ0) is 12.4. The summed E-state index contributed by atoms with van der Waals surface area (Å²) in [7, 11) is 0. The van der Waals surface area contributed by atoms with Gasteiger partial charge in [-0.3, -0.25) is 5.41 Å². The normalized spacial score (nSPS) is 20.4. The van der Waals surface area contributed by atoms with Crippen molar-refractivity contribution in [2.24, 2.45) is 11.7 Å². The largest absolute Gasteiger partial charge is 0.384 e. The molecule has 0 radical (unpaired) electrons. The molecule has 17 heavy (non-hydrogen) atoms. The highest BCUT2D eigenvalue weighted by atomic mass is 79.9. The van der Waals surface area contributed by atoms with E-state index in [9.17, 15) is 0 Å². The SMILES string of the molecule is CC1CCCN(c2ccc(C(=N)N)cc2Br)C1. The minimum atomic E-state index is 0.115. The molecule has 1 aromatic rings. The van der Waals surface area contributed by atoms with Gasteiger partial charge < -0.3 is 10.6 Å². The maximum absolute atomic E-state index is 7.42. The van der Waals surface area contributed by atoms with Crippen molar-refractivity contribution in [3.05, 3.63) is 28.2 Å². The number of nitrogens with one attached hydrogen (secondary N) is 1. The molecule has 1 aliphatic rings. The first-order valence-electron chi connectivity index (χ1n) is 5.97. The van der Waals surface area contributed by atoms with Gasteiger partial charge in [-0.1, -0.05) is 6.92 Å². The van der Waals surface area contributed by atoms with Crippen molar-refractivity contribution in [2.75, 3.05) is 18.0 Å². The first kappa shape index (κ1) is 12.4. The summed E-state index contributed by atoms with van der Waals surface area (Å²) < 4.78 is 1.03. The van der Waals surface area contributed by atoms with Gasteiger partial charge in [-0.05, 0) is 52.9 Å². The summed E-state index contributed by atoms with van der Waals surface area (Å²) in [6.45, 7) is 4.52. The molecule has 1 fully saturated rings. The van der Waals surface area contributed by atoms with Crippen molar-refractivity contribution in [2.45, 2.75) is 19.8 Å². The first-order chi connectivity index (χ1) is 8.08. The molecule has 92 valence electrons. The van der Waals surface area contributed by atoms with Crippen LogP contribution in [-0.4, -0.2) is 18.9 Å². The van der Waals surface area contributed by atoms with Crippen LogP contribution < -0.4 is 10.6 Å². The fourth-order valence-electron chi connectivity index (χ4n) is 2.34. The number of hydrogen-bond donors (Lipinski definition) is 2. The molecule has 0 amide bonds. The lowest BCUT2D eigenvalue weighted by Gasteiger charge is -2.33. The number of rotatable bonds is 2. The van der Waals surface area contributed by atoms with E-state index in [0.717, 1.165) is 29.0 Å². The highest BCUT2D eigenvalue weighted by molar-refractivity contribution is 9.10. The second-order valence-electron chi connectivity index (χ2n) is 4.77. The predicted molar refractivity (Wildman–Crippen MR) is 75.8 cm³/mol. The molecule has 1 unspecified atom stereocenters. The summed E-state index contributed by atoms with van der Waals surface area (Å²) >= 11 is 3.58. The average Bonchev–Trinajstić information content (AvgIpc) is 2.28. The second-order valence-corrected chi connectivity index (χ2v) is 5.63. The number of nitrogens with zero attached hydrogens (tertiary/aromatic N) is 1. The van der Waals surface area contributed by atoms with Gasteiger partial charge in [0, 0.05) is 23.1 Å². The van der Waals surface area contributed by atoms with Gasteiger partial charge in [0.1, 0.15) is 5.84 Å². The molecule has 0 aromatic heterocycles. The highest BCUT2D eigenvalue weighted by Crippen LogP contribution is 2.30. The number of piperidine rings is 1. The molecule has 0 saturated carbocycles. The van der Waals surface area contributed by atoms with Gasteiger partial charge in [0.05, 0.1) is 5.69 Å². The van der Waals surface area contributed by atoms with E-state index in [0.29, 0.717) is 0 Å². The lowest BCUT2D eigenvalue weighted by Crippen LogP contribution is -2.34. The van der Waals surface area contributed by atoms with Crippen LogP contribution in [-0.2, 0) is 0 Å². The summed E-state index contributed by atoms with van der Waals surface area (Å²) in [6, 6.07) is 5.90. The maximum atomic E-state index is 7.42. The van der Waals surface area contributed by atoms with Crippen LogP contribution in [0.1, 0.15) is 25.3 Å². The van der Waals surface area contributed by atoms with Crippen molar-refractivity contribution < 1.29 is 0 Å². The monoisotopic (exact) mass is 295 g/mol. The number of hydrogen-bond acceptors (Lipinski definition) is 2. The highest BCUT2D eigenvalue weighted by Gasteiger charge is 2.18. The number of amidine groups is 1. The van der Waals surface area contributed by atoms with E-state index >= 15 is 0 Å². The van der Waals surface area contributed by atoms with Gasteiger partial charge in [0.2, 0.25) is 0 Å². The van der Waals surface area contributed by atoms with Gasteiger partial charge >= 0.3 is 0 Å². The Labute approximate surface area is 111 Å². The van der Waals surface area contributed by atoms with Gasteiger partial charge in [0.25, 0.3) is 0 Å². The fraction of sp³-hybridized carbons (Fsp3) is 0.462. The number of nitrogen functional groups attached to an aromatic ring is 1. The first-order valence-corrected chi connectivity index (χ1v) is 6.76. The Morgan fingerprint density at radius 3 is 2.88 bits per heavy atom. The van der Waals surface area contributed by atoms with Crippen LogP contribution in [0.2, 0.25) is 0 Å². The Balaban J connectivity index is 2.23. The Bertz CT molecular complexity index is 431. The average molecular weight is 296 g/mol. The van der Waals surface area contributed by atoms with Crippen LogP contribution in [0.15, 0.2) is 22.7 Å². The topological polar surface area (TPSA) is 53.1 Å². The van der Waals surface area contributed by atoms with Crippen LogP contribution in [0.5, 0.6) is 0 Å². The third-order valence-electron chi connectivity index (χ3n) is 3.26. The molecule has 1 saturated heterocycles. The summed E-state index contributed by atoms with van der Waals surface area (Å²) in [5.74, 6) is 0.868. The molecule has 2 rings (SSSR count). The Hall–Kier alpha value is -1.03. The Morgan fingerprint density at radius 1 is 1.53 bits per heavy atom. The third-order valence-corrected chi connectivity index (χ3v) is 3.89. The van der Waals surface area contributed by atoms with Gasteiger partial charge in [-0.2, -0.15) is 0 Å². The second kappa shape index (κ2) is 5.08. The van der Waals surface area contributed by atoms with E-state index in [1.54, 1.807) is 0 Å². The van der Waals surface area contributed by atoms with Crippen molar-refractivity contribution in [1.82, 2.24) is 0 Å². The van der Waals surface area contributed by atoms with Crippen LogP contribution in [0, 0.1) is 11.3 Å². The minimum absolute atomic E-state index is 0.115. The molecule has 1 aliphatic heterocycles. The smallest absolute Gasteiger partial charge is 0.122 e. The standard InChI is InChI=1S/C13H18BrN3/c1-9-3-2-6-17(8-9)12-5-4-10(13(15)16)7-11(12)14/h4-5,7,9H,2-3,6,8H2,1H3,(H3,15,16). The van der Waals surface area contributed by atoms with Gasteiger partial charge in [-0.15, -0.1) is 0 Å². The van der Waals surface area contributed by atoms with E-state index in [1.165, 1.54) is 18.5 Å². The van der Waals surface area contributed by atoms with Crippen molar-refractivity contribution in [1.29, 1.82) is 5.41 Å². The van der Waals surface area contributed by atoms with Gasteiger partial charge in [-0.25, -0.2) is 0 Å². The molecule has 1 atom stereocenters.